The van der Waals surface area contributed by atoms with Crippen LogP contribution >= 0.6 is 0 Å². The normalized spacial score (nSPS) is 17.5. The molecule has 6 heteroatoms. The second kappa shape index (κ2) is 9.47. The summed E-state index contributed by atoms with van der Waals surface area (Å²) >= 11 is 0. The van der Waals surface area contributed by atoms with Gasteiger partial charge in [-0.1, -0.05) is 30.4 Å². The van der Waals surface area contributed by atoms with Crippen LogP contribution in [0.4, 0.5) is 25.8 Å². The molecular weight excluding hydrogens is 432 g/mol. The molecule has 2 aliphatic rings. The lowest BCUT2D eigenvalue weighted by molar-refractivity contribution is -0.0498. The van der Waals surface area contributed by atoms with Crippen molar-refractivity contribution in [1.29, 1.82) is 0 Å². The average Bonchev–Trinajstić information content (AvgIpc) is 3.34. The maximum Gasteiger partial charge on any atom is 0.387 e. The minimum absolute atomic E-state index is 0.164. The van der Waals surface area contributed by atoms with Gasteiger partial charge in [0.1, 0.15) is 5.75 Å². The fourth-order valence-corrected chi connectivity index (χ4v) is 4.81. The van der Waals surface area contributed by atoms with Crippen molar-refractivity contribution in [2.75, 3.05) is 43.5 Å². The van der Waals surface area contributed by atoms with Crippen LogP contribution in [-0.2, 0) is 0 Å². The van der Waals surface area contributed by atoms with Crippen LogP contribution in [0, 0.1) is 0 Å². The number of benzene rings is 3. The number of rotatable bonds is 6. The highest BCUT2D eigenvalue weighted by Crippen LogP contribution is 2.36. The summed E-state index contributed by atoms with van der Waals surface area (Å²) in [5, 5.41) is 0. The van der Waals surface area contributed by atoms with E-state index in [1.54, 1.807) is 12.1 Å². The van der Waals surface area contributed by atoms with Crippen molar-refractivity contribution in [3.8, 4) is 16.9 Å². The smallest absolute Gasteiger partial charge is 0.387 e. The average molecular weight is 462 g/mol. The van der Waals surface area contributed by atoms with Crippen LogP contribution in [0.3, 0.4) is 0 Å². The molecule has 0 amide bonds. The van der Waals surface area contributed by atoms with Crippen LogP contribution in [0.1, 0.15) is 12.0 Å². The lowest BCUT2D eigenvalue weighted by Crippen LogP contribution is -2.31. The second-order valence-electron chi connectivity index (χ2n) is 9.06. The van der Waals surface area contributed by atoms with Crippen molar-refractivity contribution in [3.63, 3.8) is 0 Å². The molecule has 1 saturated heterocycles. The van der Waals surface area contributed by atoms with E-state index in [0.717, 1.165) is 42.0 Å². The zero-order valence-corrected chi connectivity index (χ0v) is 19.5. The molecule has 0 spiro atoms. The van der Waals surface area contributed by atoms with Gasteiger partial charge in [-0.25, -0.2) is 0 Å². The molecule has 0 aliphatic carbocycles. The van der Waals surface area contributed by atoms with E-state index in [9.17, 15) is 8.78 Å². The lowest BCUT2D eigenvalue weighted by atomic mass is 9.99. The Morgan fingerprint density at radius 3 is 2.29 bits per heavy atom. The molecule has 176 valence electrons. The van der Waals surface area contributed by atoms with E-state index in [1.165, 1.54) is 17.8 Å². The van der Waals surface area contributed by atoms with Crippen LogP contribution in [0.25, 0.3) is 17.2 Å². The Kier molecular flexibility index (Phi) is 6.24. The van der Waals surface area contributed by atoms with Crippen molar-refractivity contribution in [2.45, 2.75) is 19.1 Å². The molecule has 0 N–H and O–H groups in total. The number of likely N-dealkylation sites (N-methyl/N-ethyl adjacent to an activating group) is 1. The van der Waals surface area contributed by atoms with Gasteiger partial charge < -0.3 is 19.4 Å². The second-order valence-corrected chi connectivity index (χ2v) is 9.06. The molecular formula is C28H29F2N3O. The Morgan fingerprint density at radius 2 is 1.62 bits per heavy atom. The molecule has 2 heterocycles. The topological polar surface area (TPSA) is 19.0 Å². The third kappa shape index (κ3) is 4.64. The first-order valence-electron chi connectivity index (χ1n) is 11.6. The fourth-order valence-electron chi connectivity index (χ4n) is 4.81. The molecule has 0 aromatic heterocycles. The summed E-state index contributed by atoms with van der Waals surface area (Å²) in [4.78, 5) is 7.09. The minimum Gasteiger partial charge on any atom is -0.435 e. The third-order valence-corrected chi connectivity index (χ3v) is 6.74. The van der Waals surface area contributed by atoms with Gasteiger partial charge in [-0.15, -0.1) is 0 Å². The maximum atomic E-state index is 12.4. The first kappa shape index (κ1) is 22.4. The maximum absolute atomic E-state index is 12.4. The van der Waals surface area contributed by atoms with E-state index >= 15 is 0 Å². The lowest BCUT2D eigenvalue weighted by Gasteiger charge is -2.29. The van der Waals surface area contributed by atoms with Gasteiger partial charge in [0.05, 0.1) is 0 Å². The van der Waals surface area contributed by atoms with Gasteiger partial charge in [-0.2, -0.15) is 8.78 Å². The van der Waals surface area contributed by atoms with Gasteiger partial charge >= 0.3 is 6.61 Å². The van der Waals surface area contributed by atoms with E-state index in [4.69, 9.17) is 0 Å². The van der Waals surface area contributed by atoms with Crippen molar-refractivity contribution in [2.24, 2.45) is 0 Å². The molecule has 4 nitrogen and oxygen atoms in total. The SMILES string of the molecule is CN(C)C1CCN(c2ccc(N3CC=Cc4cc(-c5ccc(OC(F)F)cc5)ccc43)cc2)C1. The number of ether oxygens (including phenoxy) is 1. The molecule has 3 aromatic carbocycles. The number of nitrogens with zero attached hydrogens (tertiary/aromatic N) is 3. The van der Waals surface area contributed by atoms with Gasteiger partial charge in [0, 0.05) is 42.7 Å². The number of hydrogen-bond acceptors (Lipinski definition) is 4. The summed E-state index contributed by atoms with van der Waals surface area (Å²) in [5.41, 5.74) is 6.73. The van der Waals surface area contributed by atoms with E-state index in [0.29, 0.717) is 6.04 Å². The van der Waals surface area contributed by atoms with Crippen molar-refractivity contribution in [3.05, 3.63) is 78.4 Å². The van der Waals surface area contributed by atoms with Gasteiger partial charge in [-0.3, -0.25) is 0 Å². The van der Waals surface area contributed by atoms with Gasteiger partial charge in [-0.05, 0) is 85.7 Å². The third-order valence-electron chi connectivity index (χ3n) is 6.74. The van der Waals surface area contributed by atoms with Crippen LogP contribution < -0.4 is 14.5 Å². The molecule has 2 aliphatic heterocycles. The summed E-state index contributed by atoms with van der Waals surface area (Å²) in [5.74, 6) is 0.164. The summed E-state index contributed by atoms with van der Waals surface area (Å²) in [6.45, 7) is 0.164. The first-order valence-corrected chi connectivity index (χ1v) is 11.6. The predicted octanol–water partition coefficient (Wildman–Crippen LogP) is 6.26. The number of anilines is 3. The van der Waals surface area contributed by atoms with Crippen molar-refractivity contribution < 1.29 is 13.5 Å². The summed E-state index contributed by atoms with van der Waals surface area (Å²) in [7, 11) is 4.31. The first-order chi connectivity index (χ1) is 16.5. The van der Waals surface area contributed by atoms with Crippen molar-refractivity contribution in [1.82, 2.24) is 4.90 Å². The summed E-state index contributed by atoms with van der Waals surface area (Å²) in [6.07, 6.45) is 5.51. The van der Waals surface area contributed by atoms with Gasteiger partial charge in [0.15, 0.2) is 0 Å². The van der Waals surface area contributed by atoms with Crippen LogP contribution in [-0.4, -0.2) is 51.3 Å². The fraction of sp³-hybridized carbons (Fsp3) is 0.286. The Morgan fingerprint density at radius 1 is 0.912 bits per heavy atom. The summed E-state index contributed by atoms with van der Waals surface area (Å²) < 4.78 is 29.3. The highest BCUT2D eigenvalue weighted by molar-refractivity contribution is 5.82. The predicted molar refractivity (Wildman–Crippen MR) is 135 cm³/mol. The van der Waals surface area contributed by atoms with Crippen LogP contribution in [0.2, 0.25) is 0 Å². The Balaban J connectivity index is 1.34. The van der Waals surface area contributed by atoms with Crippen LogP contribution in [0.15, 0.2) is 72.8 Å². The van der Waals surface area contributed by atoms with Gasteiger partial charge in [0.2, 0.25) is 0 Å². The summed E-state index contributed by atoms with van der Waals surface area (Å²) in [6, 6.07) is 22.6. The molecule has 3 aromatic rings. The Hall–Kier alpha value is -3.38. The largest absolute Gasteiger partial charge is 0.435 e. The minimum atomic E-state index is -2.81. The highest BCUT2D eigenvalue weighted by atomic mass is 19.3. The quantitative estimate of drug-likeness (QED) is 0.431. The Bertz CT molecular complexity index is 1160. The molecule has 0 saturated carbocycles. The number of fused-ring (bicyclic) bond motifs is 1. The number of alkyl halides is 2. The van der Waals surface area contributed by atoms with E-state index < -0.39 is 6.61 Å². The number of halogens is 2. The zero-order valence-electron chi connectivity index (χ0n) is 19.5. The molecule has 1 unspecified atom stereocenters. The van der Waals surface area contributed by atoms with E-state index in [1.807, 2.05) is 12.1 Å². The molecule has 1 atom stereocenters. The standard InChI is InChI=1S/C28H29F2N3O/c1-31(2)25-15-17-32(19-25)23-8-10-24(11-9-23)33-16-3-4-22-18-21(7-14-27(22)33)20-5-12-26(13-6-20)34-28(29)30/h3-14,18,25,28H,15-17,19H2,1-2H3. The molecule has 34 heavy (non-hydrogen) atoms. The molecule has 0 bridgehead atoms. The highest BCUT2D eigenvalue weighted by Gasteiger charge is 2.24. The Labute approximate surface area is 199 Å². The monoisotopic (exact) mass is 461 g/mol. The van der Waals surface area contributed by atoms with Crippen molar-refractivity contribution >= 4 is 23.1 Å². The molecule has 0 radical (unpaired) electrons. The molecule has 5 rings (SSSR count). The zero-order chi connectivity index (χ0) is 23.7. The van der Waals surface area contributed by atoms with E-state index in [-0.39, 0.29) is 5.75 Å². The van der Waals surface area contributed by atoms with E-state index in [2.05, 4.69) is 88.1 Å². The molecule has 1 fully saturated rings. The number of hydrogen-bond donors (Lipinski definition) is 0. The van der Waals surface area contributed by atoms with Crippen LogP contribution in [0.5, 0.6) is 5.75 Å². The van der Waals surface area contributed by atoms with Gasteiger partial charge in [0.25, 0.3) is 0 Å².